The Balaban J connectivity index is 1.52. The fraction of sp³-hybridized carbons (Fsp3) is 0.571. The Hall–Kier alpha value is -2.37. The quantitative estimate of drug-likeness (QED) is 0.764. The predicted octanol–water partition coefficient (Wildman–Crippen LogP) is 2.49. The normalized spacial score (nSPS) is 28.3. The van der Waals surface area contributed by atoms with Crippen LogP contribution in [0.2, 0.25) is 0 Å². The van der Waals surface area contributed by atoms with Gasteiger partial charge in [0.2, 0.25) is 0 Å². The van der Waals surface area contributed by atoms with Crippen LogP contribution in [0.25, 0.3) is 0 Å². The van der Waals surface area contributed by atoms with Crippen molar-refractivity contribution in [3.8, 4) is 0 Å². The Morgan fingerprint density at radius 3 is 2.74 bits per heavy atom. The van der Waals surface area contributed by atoms with E-state index in [0.29, 0.717) is 24.9 Å². The molecule has 6 heteroatoms. The number of ether oxygens (including phenoxy) is 2. The van der Waals surface area contributed by atoms with Crippen LogP contribution in [0.4, 0.5) is 0 Å². The predicted molar refractivity (Wildman–Crippen MR) is 97.0 cm³/mol. The Kier molecular flexibility index (Phi) is 4.24. The third-order valence-electron chi connectivity index (χ3n) is 6.29. The highest BCUT2D eigenvalue weighted by Gasteiger charge is 2.57. The summed E-state index contributed by atoms with van der Waals surface area (Å²) in [5, 5.41) is 0. The monoisotopic (exact) mass is 371 g/mol. The van der Waals surface area contributed by atoms with Gasteiger partial charge in [-0.3, -0.25) is 9.59 Å². The van der Waals surface area contributed by atoms with E-state index in [0.717, 1.165) is 31.2 Å². The molecule has 1 saturated heterocycles. The van der Waals surface area contributed by atoms with Crippen LogP contribution < -0.4 is 0 Å². The first kappa shape index (κ1) is 18.0. The zero-order valence-corrected chi connectivity index (χ0v) is 15.8. The van der Waals surface area contributed by atoms with Gasteiger partial charge in [-0.15, -0.1) is 0 Å². The number of carbonyl (C=O) groups excluding carboxylic acids is 3. The van der Waals surface area contributed by atoms with E-state index in [9.17, 15) is 14.4 Å². The Morgan fingerprint density at radius 1 is 1.30 bits per heavy atom. The second kappa shape index (κ2) is 6.36. The number of rotatable bonds is 3. The molecule has 0 bridgehead atoms. The number of cyclic esters (lactones) is 1. The van der Waals surface area contributed by atoms with Gasteiger partial charge in [0, 0.05) is 24.9 Å². The first-order valence-electron chi connectivity index (χ1n) is 9.57. The van der Waals surface area contributed by atoms with Crippen molar-refractivity contribution in [1.82, 2.24) is 4.90 Å². The van der Waals surface area contributed by atoms with Crippen LogP contribution >= 0.6 is 0 Å². The molecule has 4 rings (SSSR count). The van der Waals surface area contributed by atoms with Crippen LogP contribution in [0.15, 0.2) is 24.3 Å². The largest absolute Gasteiger partial charge is 0.469 e. The van der Waals surface area contributed by atoms with Gasteiger partial charge in [0.25, 0.3) is 5.91 Å². The average molecular weight is 371 g/mol. The van der Waals surface area contributed by atoms with Crippen molar-refractivity contribution >= 4 is 17.8 Å². The number of carbonyl (C=O) groups is 3. The number of likely N-dealkylation sites (tertiary alicyclic amines) is 1. The van der Waals surface area contributed by atoms with Crippen molar-refractivity contribution in [2.75, 3.05) is 13.7 Å². The van der Waals surface area contributed by atoms with Crippen LogP contribution in [0.1, 0.15) is 54.9 Å². The van der Waals surface area contributed by atoms with E-state index in [1.165, 1.54) is 7.11 Å². The SMILES string of the molecule is COC(=O)CC1CCN(C(=O)C2(C)Cc3ccccc3C(=O)O2)C2(CC2)C1. The molecule has 3 aliphatic rings. The third kappa shape index (κ3) is 3.11. The molecule has 1 amide bonds. The van der Waals surface area contributed by atoms with Gasteiger partial charge in [-0.25, -0.2) is 4.79 Å². The minimum absolute atomic E-state index is 0.112. The van der Waals surface area contributed by atoms with Gasteiger partial charge < -0.3 is 14.4 Å². The van der Waals surface area contributed by atoms with E-state index in [1.807, 2.05) is 17.0 Å². The summed E-state index contributed by atoms with van der Waals surface area (Å²) in [6.07, 6.45) is 4.26. The maximum atomic E-state index is 13.4. The lowest BCUT2D eigenvalue weighted by Crippen LogP contribution is -2.58. The summed E-state index contributed by atoms with van der Waals surface area (Å²) in [6.45, 7) is 2.31. The number of piperidine rings is 1. The average Bonchev–Trinajstić information content (AvgIpc) is 3.40. The van der Waals surface area contributed by atoms with Crippen LogP contribution in [-0.4, -0.2) is 47.5 Å². The van der Waals surface area contributed by atoms with Crippen molar-refractivity contribution in [2.45, 2.75) is 56.6 Å². The number of methoxy groups -OCH3 is 1. The fourth-order valence-corrected chi connectivity index (χ4v) is 4.66. The summed E-state index contributed by atoms with van der Waals surface area (Å²) in [6, 6.07) is 7.30. The van der Waals surface area contributed by atoms with Gasteiger partial charge in [-0.05, 0) is 50.2 Å². The molecule has 1 spiro atoms. The van der Waals surface area contributed by atoms with E-state index in [2.05, 4.69) is 0 Å². The number of amides is 1. The Morgan fingerprint density at radius 2 is 2.04 bits per heavy atom. The van der Waals surface area contributed by atoms with Crippen LogP contribution in [0.5, 0.6) is 0 Å². The van der Waals surface area contributed by atoms with Crippen LogP contribution in [0.3, 0.4) is 0 Å². The third-order valence-corrected chi connectivity index (χ3v) is 6.29. The van der Waals surface area contributed by atoms with E-state index in [4.69, 9.17) is 9.47 Å². The van der Waals surface area contributed by atoms with Crippen LogP contribution in [0, 0.1) is 5.92 Å². The molecule has 6 nitrogen and oxygen atoms in total. The molecule has 27 heavy (non-hydrogen) atoms. The lowest BCUT2D eigenvalue weighted by Gasteiger charge is -2.45. The molecular formula is C21H25NO5. The van der Waals surface area contributed by atoms with Gasteiger partial charge in [0.1, 0.15) is 0 Å². The van der Waals surface area contributed by atoms with Gasteiger partial charge in [-0.1, -0.05) is 18.2 Å². The smallest absolute Gasteiger partial charge is 0.339 e. The van der Waals surface area contributed by atoms with Crippen LogP contribution in [-0.2, 0) is 25.5 Å². The molecule has 2 heterocycles. The van der Waals surface area contributed by atoms with Gasteiger partial charge in [0.15, 0.2) is 5.60 Å². The molecule has 0 N–H and O–H groups in total. The van der Waals surface area contributed by atoms with Gasteiger partial charge >= 0.3 is 11.9 Å². The summed E-state index contributed by atoms with van der Waals surface area (Å²) >= 11 is 0. The zero-order valence-electron chi connectivity index (χ0n) is 15.8. The molecule has 0 aromatic heterocycles. The summed E-state index contributed by atoms with van der Waals surface area (Å²) < 4.78 is 10.4. The molecule has 0 radical (unpaired) electrons. The molecule has 1 saturated carbocycles. The number of nitrogens with zero attached hydrogens (tertiary/aromatic N) is 1. The molecule has 2 aliphatic heterocycles. The highest BCUT2D eigenvalue weighted by atomic mass is 16.6. The Labute approximate surface area is 158 Å². The van der Waals surface area contributed by atoms with E-state index < -0.39 is 11.6 Å². The Bertz CT molecular complexity index is 800. The molecule has 1 aromatic carbocycles. The maximum absolute atomic E-state index is 13.4. The van der Waals surface area contributed by atoms with Crippen molar-refractivity contribution in [1.29, 1.82) is 0 Å². The van der Waals surface area contributed by atoms with Gasteiger partial charge in [0.05, 0.1) is 12.7 Å². The lowest BCUT2D eigenvalue weighted by molar-refractivity contribution is -0.157. The molecular weight excluding hydrogens is 346 g/mol. The first-order chi connectivity index (χ1) is 12.9. The van der Waals surface area contributed by atoms with E-state index in [-0.39, 0.29) is 23.3 Å². The van der Waals surface area contributed by atoms with Crippen molar-refractivity contribution in [3.05, 3.63) is 35.4 Å². The number of esters is 2. The number of benzene rings is 1. The number of hydrogen-bond acceptors (Lipinski definition) is 5. The summed E-state index contributed by atoms with van der Waals surface area (Å²) in [5.74, 6) is -0.496. The zero-order chi connectivity index (χ0) is 19.2. The number of fused-ring (bicyclic) bond motifs is 1. The standard InChI is InChI=1S/C21H25NO5/c1-20(13-15-5-3-4-6-16(15)18(24)27-20)19(25)22-10-7-14(11-17(23)26-2)12-21(22)8-9-21/h3-6,14H,7-13H2,1-2H3. The molecule has 2 atom stereocenters. The number of hydrogen-bond donors (Lipinski definition) is 0. The summed E-state index contributed by atoms with van der Waals surface area (Å²) in [5.41, 5.74) is 0.0482. The molecule has 2 fully saturated rings. The van der Waals surface area contributed by atoms with Crippen molar-refractivity contribution in [2.24, 2.45) is 5.92 Å². The highest BCUT2D eigenvalue weighted by Crippen LogP contribution is 2.51. The lowest BCUT2D eigenvalue weighted by atomic mass is 9.83. The summed E-state index contributed by atoms with van der Waals surface area (Å²) in [4.78, 5) is 39.4. The summed E-state index contributed by atoms with van der Waals surface area (Å²) in [7, 11) is 1.41. The fourth-order valence-electron chi connectivity index (χ4n) is 4.66. The second-order valence-corrected chi connectivity index (χ2v) is 8.27. The molecule has 1 aromatic rings. The van der Waals surface area contributed by atoms with Crippen molar-refractivity contribution < 1.29 is 23.9 Å². The molecule has 2 unspecified atom stereocenters. The van der Waals surface area contributed by atoms with Crippen molar-refractivity contribution in [3.63, 3.8) is 0 Å². The second-order valence-electron chi connectivity index (χ2n) is 8.27. The minimum Gasteiger partial charge on any atom is -0.469 e. The van der Waals surface area contributed by atoms with E-state index >= 15 is 0 Å². The molecule has 144 valence electrons. The topological polar surface area (TPSA) is 72.9 Å². The minimum atomic E-state index is -1.17. The maximum Gasteiger partial charge on any atom is 0.339 e. The van der Waals surface area contributed by atoms with E-state index in [1.54, 1.807) is 19.1 Å². The first-order valence-corrected chi connectivity index (χ1v) is 9.57. The highest BCUT2D eigenvalue weighted by molar-refractivity contribution is 5.97. The van der Waals surface area contributed by atoms with Gasteiger partial charge in [-0.2, -0.15) is 0 Å². The molecule has 1 aliphatic carbocycles.